The predicted octanol–water partition coefficient (Wildman–Crippen LogP) is 2.71. The topological polar surface area (TPSA) is 66.8 Å². The average molecular weight is 356 g/mol. The number of carboxylic acids is 1. The monoisotopic (exact) mass is 355 g/mol. The van der Waals surface area contributed by atoms with Crippen LogP contribution >= 0.6 is 15.9 Å². The number of hydrogen-bond acceptors (Lipinski definition) is 3. The van der Waals surface area contributed by atoms with E-state index >= 15 is 0 Å². The quantitative estimate of drug-likeness (QED) is 0.546. The van der Waals surface area contributed by atoms with Crippen LogP contribution in [0.5, 0.6) is 5.75 Å². The molecule has 0 fully saturated rings. The minimum atomic E-state index is -1.03. The Morgan fingerprint density at radius 3 is 2.57 bits per heavy atom. The van der Waals surface area contributed by atoms with E-state index < -0.39 is 5.97 Å². The molecule has 0 aliphatic rings. The Kier molecular flexibility index (Phi) is 7.53. The molecule has 0 heterocycles. The third-order valence-corrected chi connectivity index (χ3v) is 3.17. The number of amides is 1. The number of hydrogen-bond donors (Lipinski definition) is 1. The summed E-state index contributed by atoms with van der Waals surface area (Å²) < 4.78 is 6.48. The maximum atomic E-state index is 11.9. The second-order valence-electron chi connectivity index (χ2n) is 4.36. The first-order valence-electron chi connectivity index (χ1n) is 6.51. The van der Waals surface area contributed by atoms with E-state index in [4.69, 9.17) is 9.84 Å². The van der Waals surface area contributed by atoms with Gasteiger partial charge in [0.2, 0.25) is 5.91 Å². The molecular formula is C15H18BrNO4. The predicted molar refractivity (Wildman–Crippen MR) is 83.3 cm³/mol. The van der Waals surface area contributed by atoms with Gasteiger partial charge in [-0.05, 0) is 30.7 Å². The summed E-state index contributed by atoms with van der Waals surface area (Å²) in [4.78, 5) is 23.8. The van der Waals surface area contributed by atoms with E-state index in [0.717, 1.165) is 10.2 Å². The zero-order valence-corrected chi connectivity index (χ0v) is 13.2. The van der Waals surface area contributed by atoms with Gasteiger partial charge in [-0.25, -0.2) is 0 Å². The van der Waals surface area contributed by atoms with Crippen molar-refractivity contribution in [3.05, 3.63) is 41.4 Å². The van der Waals surface area contributed by atoms with E-state index in [0.29, 0.717) is 13.0 Å². The van der Waals surface area contributed by atoms with Gasteiger partial charge in [-0.3, -0.25) is 9.59 Å². The summed E-state index contributed by atoms with van der Waals surface area (Å²) >= 11 is 3.33. The Bertz CT molecular complexity index is 487. The van der Waals surface area contributed by atoms with Gasteiger partial charge >= 0.3 is 5.97 Å². The molecule has 1 N–H and O–H groups in total. The van der Waals surface area contributed by atoms with Crippen LogP contribution in [0.15, 0.2) is 41.4 Å². The molecule has 6 heteroatoms. The molecule has 0 unspecified atom stereocenters. The van der Waals surface area contributed by atoms with Gasteiger partial charge < -0.3 is 14.7 Å². The molecule has 114 valence electrons. The van der Waals surface area contributed by atoms with Crippen LogP contribution in [0.1, 0.15) is 12.8 Å². The smallest absolute Gasteiger partial charge is 0.323 e. The van der Waals surface area contributed by atoms with Crippen LogP contribution in [0, 0.1) is 0 Å². The van der Waals surface area contributed by atoms with Crippen LogP contribution in [-0.2, 0) is 9.59 Å². The van der Waals surface area contributed by atoms with E-state index in [1.165, 1.54) is 11.0 Å². The Balaban J connectivity index is 2.32. The molecule has 0 spiro atoms. The first kappa shape index (κ1) is 17.2. The Hall–Kier alpha value is -1.82. The van der Waals surface area contributed by atoms with E-state index in [-0.39, 0.29) is 25.4 Å². The van der Waals surface area contributed by atoms with Crippen molar-refractivity contribution in [3.8, 4) is 5.75 Å². The molecule has 1 aromatic carbocycles. The lowest BCUT2D eigenvalue weighted by Crippen LogP contribution is -2.35. The molecule has 0 bridgehead atoms. The zero-order valence-electron chi connectivity index (χ0n) is 11.6. The minimum absolute atomic E-state index is 0.211. The second kappa shape index (κ2) is 9.18. The Morgan fingerprint density at radius 2 is 2.00 bits per heavy atom. The number of ether oxygens (including phenoxy) is 1. The van der Waals surface area contributed by atoms with Crippen molar-refractivity contribution in [1.29, 1.82) is 0 Å². The van der Waals surface area contributed by atoms with E-state index in [1.807, 2.05) is 24.3 Å². The highest BCUT2D eigenvalue weighted by Gasteiger charge is 2.14. The second-order valence-corrected chi connectivity index (χ2v) is 5.28. The standard InChI is InChI=1S/C15H18BrNO4/c1-2-9-17(11-15(19)20)14(18)4-3-10-21-13-7-5-12(16)6-8-13/h2,5-8H,1,3-4,9-11H2,(H,19,20). The van der Waals surface area contributed by atoms with Gasteiger partial charge in [-0.2, -0.15) is 0 Å². The van der Waals surface area contributed by atoms with Crippen LogP contribution in [0.2, 0.25) is 0 Å². The molecule has 0 radical (unpaired) electrons. The number of carbonyl (C=O) groups is 2. The van der Waals surface area contributed by atoms with Gasteiger partial charge in [0.25, 0.3) is 0 Å². The first-order chi connectivity index (χ1) is 10.0. The van der Waals surface area contributed by atoms with E-state index in [2.05, 4.69) is 22.5 Å². The molecule has 0 atom stereocenters. The summed E-state index contributed by atoms with van der Waals surface area (Å²) in [7, 11) is 0. The number of benzene rings is 1. The van der Waals surface area contributed by atoms with Crippen LogP contribution in [-0.4, -0.2) is 41.6 Å². The SMILES string of the molecule is C=CCN(CC(=O)O)C(=O)CCCOc1ccc(Br)cc1. The van der Waals surface area contributed by atoms with Crippen LogP contribution in [0.3, 0.4) is 0 Å². The van der Waals surface area contributed by atoms with Gasteiger partial charge in [0, 0.05) is 17.4 Å². The molecule has 1 aromatic rings. The van der Waals surface area contributed by atoms with Crippen molar-refractivity contribution in [2.24, 2.45) is 0 Å². The van der Waals surface area contributed by atoms with Crippen molar-refractivity contribution >= 4 is 27.8 Å². The lowest BCUT2D eigenvalue weighted by molar-refractivity contribution is -0.144. The van der Waals surface area contributed by atoms with Crippen molar-refractivity contribution in [3.63, 3.8) is 0 Å². The normalized spacial score (nSPS) is 9.95. The maximum Gasteiger partial charge on any atom is 0.323 e. The van der Waals surface area contributed by atoms with Gasteiger partial charge in [0.1, 0.15) is 12.3 Å². The number of nitrogens with zero attached hydrogens (tertiary/aromatic N) is 1. The average Bonchev–Trinajstić information content (AvgIpc) is 2.44. The fourth-order valence-electron chi connectivity index (χ4n) is 1.68. The molecule has 0 aromatic heterocycles. The lowest BCUT2D eigenvalue weighted by atomic mass is 10.2. The van der Waals surface area contributed by atoms with Gasteiger partial charge in [-0.1, -0.05) is 22.0 Å². The van der Waals surface area contributed by atoms with E-state index in [9.17, 15) is 9.59 Å². The number of carboxylic acid groups (broad SMARTS) is 1. The summed E-state index contributed by atoms with van der Waals surface area (Å²) in [5, 5.41) is 8.75. The first-order valence-corrected chi connectivity index (χ1v) is 7.31. The van der Waals surface area contributed by atoms with Crippen LogP contribution < -0.4 is 4.74 Å². The molecule has 5 nitrogen and oxygen atoms in total. The van der Waals surface area contributed by atoms with Gasteiger partial charge in [-0.15, -0.1) is 6.58 Å². The highest BCUT2D eigenvalue weighted by atomic mass is 79.9. The van der Waals surface area contributed by atoms with Crippen LogP contribution in [0.4, 0.5) is 0 Å². The molecule has 1 rings (SSSR count). The van der Waals surface area contributed by atoms with Crippen molar-refractivity contribution in [2.45, 2.75) is 12.8 Å². The maximum absolute atomic E-state index is 11.9. The molecule has 0 aliphatic carbocycles. The van der Waals surface area contributed by atoms with Crippen molar-refractivity contribution in [1.82, 2.24) is 4.90 Å². The highest BCUT2D eigenvalue weighted by molar-refractivity contribution is 9.10. The van der Waals surface area contributed by atoms with Crippen molar-refractivity contribution in [2.75, 3.05) is 19.7 Å². The molecule has 0 saturated heterocycles. The number of carbonyl (C=O) groups excluding carboxylic acids is 1. The summed E-state index contributed by atoms with van der Waals surface area (Å²) in [5.41, 5.74) is 0. The number of rotatable bonds is 9. The van der Waals surface area contributed by atoms with Gasteiger partial charge in [0.15, 0.2) is 0 Å². The van der Waals surface area contributed by atoms with E-state index in [1.54, 1.807) is 0 Å². The van der Waals surface area contributed by atoms with Crippen LogP contribution in [0.25, 0.3) is 0 Å². The summed E-state index contributed by atoms with van der Waals surface area (Å²) in [5.74, 6) is -0.507. The largest absolute Gasteiger partial charge is 0.494 e. The summed E-state index contributed by atoms with van der Waals surface area (Å²) in [6.07, 6.45) is 2.29. The lowest BCUT2D eigenvalue weighted by Gasteiger charge is -2.18. The number of halogens is 1. The molecular weight excluding hydrogens is 338 g/mol. The summed E-state index contributed by atoms with van der Waals surface area (Å²) in [6.45, 7) is 3.85. The third kappa shape index (κ3) is 6.94. The fraction of sp³-hybridized carbons (Fsp3) is 0.333. The minimum Gasteiger partial charge on any atom is -0.494 e. The molecule has 0 saturated carbocycles. The molecule has 21 heavy (non-hydrogen) atoms. The fourth-order valence-corrected chi connectivity index (χ4v) is 1.94. The van der Waals surface area contributed by atoms with Gasteiger partial charge in [0.05, 0.1) is 6.61 Å². The zero-order chi connectivity index (χ0) is 15.7. The summed E-state index contributed by atoms with van der Waals surface area (Å²) in [6, 6.07) is 7.42. The third-order valence-electron chi connectivity index (χ3n) is 2.65. The highest BCUT2D eigenvalue weighted by Crippen LogP contribution is 2.16. The molecule has 0 aliphatic heterocycles. The number of aliphatic carboxylic acids is 1. The molecule has 1 amide bonds. The van der Waals surface area contributed by atoms with Crippen molar-refractivity contribution < 1.29 is 19.4 Å². The Labute approximate surface area is 132 Å². The Morgan fingerprint density at radius 1 is 1.33 bits per heavy atom.